The van der Waals surface area contributed by atoms with Gasteiger partial charge in [0.2, 0.25) is 5.95 Å². The van der Waals surface area contributed by atoms with E-state index in [4.69, 9.17) is 23.2 Å². The lowest BCUT2D eigenvalue weighted by molar-refractivity contribution is -0.111. The summed E-state index contributed by atoms with van der Waals surface area (Å²) in [6, 6.07) is 24.6. The first-order chi connectivity index (χ1) is 16.6. The molecule has 0 aliphatic carbocycles. The zero-order valence-electron chi connectivity index (χ0n) is 17.8. The van der Waals surface area contributed by atoms with E-state index < -0.39 is 0 Å². The van der Waals surface area contributed by atoms with E-state index in [0.29, 0.717) is 16.0 Å². The van der Waals surface area contributed by atoms with Crippen LogP contribution in [0.15, 0.2) is 91.0 Å². The molecule has 0 fully saturated rings. The van der Waals surface area contributed by atoms with Crippen molar-refractivity contribution in [3.63, 3.8) is 0 Å². The molecular weight excluding hydrogens is 469 g/mol. The molecule has 0 spiro atoms. The third kappa shape index (κ3) is 4.73. The molecule has 3 aromatic carbocycles. The summed E-state index contributed by atoms with van der Waals surface area (Å²) in [4.78, 5) is 17.0. The van der Waals surface area contributed by atoms with Gasteiger partial charge in [-0.05, 0) is 47.0 Å². The van der Waals surface area contributed by atoms with Crippen LogP contribution in [0.5, 0.6) is 0 Å². The summed E-state index contributed by atoms with van der Waals surface area (Å²) in [6.07, 6.45) is 5.13. The Morgan fingerprint density at radius 2 is 1.71 bits per heavy atom. The molecule has 1 aliphatic heterocycles. The Labute approximate surface area is 206 Å². The van der Waals surface area contributed by atoms with Crippen LogP contribution in [-0.2, 0) is 4.79 Å². The summed E-state index contributed by atoms with van der Waals surface area (Å²) in [6.45, 7) is 0. The van der Waals surface area contributed by atoms with Crippen LogP contribution in [0.25, 0.3) is 11.8 Å². The van der Waals surface area contributed by atoms with Crippen molar-refractivity contribution in [1.29, 1.82) is 0 Å². The number of fused-ring (bicyclic) bond motifs is 1. The predicted molar refractivity (Wildman–Crippen MR) is 137 cm³/mol. The van der Waals surface area contributed by atoms with Crippen molar-refractivity contribution in [1.82, 2.24) is 14.8 Å². The Morgan fingerprint density at radius 3 is 2.47 bits per heavy atom. The second-order valence-electron chi connectivity index (χ2n) is 7.62. The van der Waals surface area contributed by atoms with Crippen LogP contribution < -0.4 is 10.6 Å². The summed E-state index contributed by atoms with van der Waals surface area (Å²) in [5.74, 6) is 0.361. The van der Waals surface area contributed by atoms with Crippen molar-refractivity contribution >= 4 is 52.8 Å². The largest absolute Gasteiger partial charge is 0.324 e. The van der Waals surface area contributed by atoms with Crippen LogP contribution in [-0.4, -0.2) is 20.7 Å². The van der Waals surface area contributed by atoms with Crippen LogP contribution >= 0.6 is 23.2 Å². The van der Waals surface area contributed by atoms with Gasteiger partial charge in [-0.25, -0.2) is 4.68 Å². The Kier molecular flexibility index (Phi) is 6.16. The highest BCUT2D eigenvalue weighted by molar-refractivity contribution is 6.32. The first-order valence-corrected chi connectivity index (χ1v) is 11.3. The summed E-state index contributed by atoms with van der Waals surface area (Å²) in [5, 5.41) is 11.8. The molecule has 0 saturated carbocycles. The Morgan fingerprint density at radius 1 is 0.971 bits per heavy atom. The van der Waals surface area contributed by atoms with E-state index in [1.54, 1.807) is 16.8 Å². The van der Waals surface area contributed by atoms with Gasteiger partial charge in [-0.1, -0.05) is 83.9 Å². The Balaban J connectivity index is 1.43. The molecule has 6 nitrogen and oxygen atoms in total. The second kappa shape index (κ2) is 9.55. The molecule has 8 heteroatoms. The zero-order chi connectivity index (χ0) is 23.5. The highest BCUT2D eigenvalue weighted by atomic mass is 35.5. The lowest BCUT2D eigenvalue weighted by Gasteiger charge is -2.24. The van der Waals surface area contributed by atoms with Crippen LogP contribution in [0.4, 0.5) is 11.9 Å². The molecule has 2 heterocycles. The van der Waals surface area contributed by atoms with Gasteiger partial charge in [0.05, 0.1) is 0 Å². The topological polar surface area (TPSA) is 71.8 Å². The molecule has 2 N–H and O–H groups in total. The van der Waals surface area contributed by atoms with Gasteiger partial charge >= 0.3 is 0 Å². The number of nitrogens with zero attached hydrogens (tertiary/aromatic N) is 3. The monoisotopic (exact) mass is 487 g/mol. The van der Waals surface area contributed by atoms with E-state index in [1.807, 2.05) is 72.8 Å². The average Bonchev–Trinajstić information content (AvgIpc) is 3.26. The van der Waals surface area contributed by atoms with Gasteiger partial charge in [0, 0.05) is 21.8 Å². The van der Waals surface area contributed by atoms with Crippen molar-refractivity contribution in [2.45, 2.75) is 6.04 Å². The lowest BCUT2D eigenvalue weighted by atomic mass is 10.0. The normalized spacial score (nSPS) is 14.9. The highest BCUT2D eigenvalue weighted by Crippen LogP contribution is 2.33. The number of carbonyl (C=O) groups excluding carboxylic acids is 1. The number of nitrogens with one attached hydrogen (secondary N) is 2. The fourth-order valence-electron chi connectivity index (χ4n) is 3.66. The number of halogens is 2. The number of carbonyl (C=O) groups is 1. The molecule has 4 aromatic rings. The number of amides is 1. The molecule has 0 saturated heterocycles. The molecule has 1 amide bonds. The summed E-state index contributed by atoms with van der Waals surface area (Å²) < 4.78 is 1.75. The summed E-state index contributed by atoms with van der Waals surface area (Å²) in [7, 11) is 0. The maximum absolute atomic E-state index is 12.5. The van der Waals surface area contributed by atoms with Gasteiger partial charge < -0.3 is 5.32 Å². The number of allylic oxidation sites excluding steroid dienone is 1. The lowest BCUT2D eigenvalue weighted by Crippen LogP contribution is -2.20. The van der Waals surface area contributed by atoms with Crippen molar-refractivity contribution < 1.29 is 4.79 Å². The zero-order valence-corrected chi connectivity index (χ0v) is 19.3. The van der Waals surface area contributed by atoms with Crippen LogP contribution in [0.2, 0.25) is 10.0 Å². The number of hydrogen-bond acceptors (Lipinski definition) is 4. The van der Waals surface area contributed by atoms with E-state index in [0.717, 1.165) is 22.4 Å². The molecule has 5 rings (SSSR count). The Bertz CT molecular complexity index is 1390. The number of anilines is 2. The fraction of sp³-hybridized carbons (Fsp3) is 0.0385. The van der Waals surface area contributed by atoms with Crippen LogP contribution in [0.3, 0.4) is 0 Å². The fourth-order valence-corrected chi connectivity index (χ4v) is 3.98. The second-order valence-corrected chi connectivity index (χ2v) is 8.46. The SMILES string of the molecule is O=C(/C=C/c1ccccc1Cl)Nc1nc2n(n1)[C@@H](c1ccccc1)C=C(c1ccc(Cl)cc1)N2. The quantitative estimate of drug-likeness (QED) is 0.324. The first-order valence-electron chi connectivity index (χ1n) is 10.6. The minimum Gasteiger partial charge on any atom is -0.324 e. The van der Waals surface area contributed by atoms with E-state index in [2.05, 4.69) is 26.8 Å². The number of rotatable bonds is 5. The predicted octanol–water partition coefficient (Wildman–Crippen LogP) is 6.29. The Hall–Kier alpha value is -3.87. The van der Waals surface area contributed by atoms with Gasteiger partial charge in [0.15, 0.2) is 0 Å². The molecule has 168 valence electrons. The van der Waals surface area contributed by atoms with Crippen molar-refractivity contribution in [2.24, 2.45) is 0 Å². The van der Waals surface area contributed by atoms with Crippen LogP contribution in [0, 0.1) is 0 Å². The highest BCUT2D eigenvalue weighted by Gasteiger charge is 2.25. The first kappa shape index (κ1) is 21.9. The van der Waals surface area contributed by atoms with Gasteiger partial charge in [-0.15, -0.1) is 5.10 Å². The molecule has 0 radical (unpaired) electrons. The van der Waals surface area contributed by atoms with Crippen LogP contribution in [0.1, 0.15) is 22.7 Å². The minimum atomic E-state index is -0.356. The van der Waals surface area contributed by atoms with E-state index in [-0.39, 0.29) is 17.9 Å². The molecular formula is C26H19Cl2N5O. The molecule has 1 atom stereocenters. The van der Waals surface area contributed by atoms with Gasteiger partial charge in [-0.2, -0.15) is 4.98 Å². The number of aromatic nitrogens is 3. The van der Waals surface area contributed by atoms with Crippen molar-refractivity contribution in [3.8, 4) is 0 Å². The third-order valence-corrected chi connectivity index (χ3v) is 5.91. The molecule has 34 heavy (non-hydrogen) atoms. The molecule has 1 aromatic heterocycles. The summed E-state index contributed by atoms with van der Waals surface area (Å²) in [5.41, 5.74) is 3.63. The van der Waals surface area contributed by atoms with E-state index >= 15 is 0 Å². The van der Waals surface area contributed by atoms with Gasteiger partial charge in [0.25, 0.3) is 11.9 Å². The molecule has 1 aliphatic rings. The summed E-state index contributed by atoms with van der Waals surface area (Å²) >= 11 is 12.2. The van der Waals surface area contributed by atoms with Gasteiger partial charge in [-0.3, -0.25) is 10.1 Å². The van der Waals surface area contributed by atoms with Crippen molar-refractivity contribution in [3.05, 3.63) is 118 Å². The molecule has 0 unspecified atom stereocenters. The van der Waals surface area contributed by atoms with Gasteiger partial charge in [0.1, 0.15) is 6.04 Å². The number of benzene rings is 3. The molecule has 0 bridgehead atoms. The number of hydrogen-bond donors (Lipinski definition) is 2. The van der Waals surface area contributed by atoms with E-state index in [1.165, 1.54) is 6.08 Å². The minimum absolute atomic E-state index is 0.197. The standard InChI is InChI=1S/C26H19Cl2N5O/c27-20-13-10-18(11-14-20)22-16-23(19-7-2-1-3-8-19)33-26(29-22)31-25(32-33)30-24(34)15-12-17-6-4-5-9-21(17)28/h1-16,23H,(H2,29,30,31,32,34)/b15-12+/t23-/m1/s1. The smallest absolute Gasteiger partial charge is 0.250 e. The van der Waals surface area contributed by atoms with Crippen molar-refractivity contribution in [2.75, 3.05) is 10.6 Å². The third-order valence-electron chi connectivity index (χ3n) is 5.32. The maximum Gasteiger partial charge on any atom is 0.250 e. The maximum atomic E-state index is 12.5. The van der Waals surface area contributed by atoms with E-state index in [9.17, 15) is 4.79 Å². The average molecular weight is 488 g/mol.